The molecule has 1 N–H and O–H groups in total. The number of aryl methyl sites for hydroxylation is 1. The molecular weight excluding hydrogens is 288 g/mol. The van der Waals surface area contributed by atoms with Gasteiger partial charge >= 0.3 is 0 Å². The van der Waals surface area contributed by atoms with Crippen LogP contribution in [-0.4, -0.2) is 17.1 Å². The highest BCUT2D eigenvalue weighted by Gasteiger charge is 2.14. The molecule has 0 unspecified atom stereocenters. The van der Waals surface area contributed by atoms with Gasteiger partial charge in [0.05, 0.1) is 12.7 Å². The summed E-state index contributed by atoms with van der Waals surface area (Å²) in [6.07, 6.45) is 0.672. The van der Waals surface area contributed by atoms with Crippen molar-refractivity contribution in [3.63, 3.8) is 0 Å². The third kappa shape index (κ3) is 3.06. The van der Waals surface area contributed by atoms with Crippen LogP contribution in [0.15, 0.2) is 18.2 Å². The second-order valence-corrected chi connectivity index (χ2v) is 4.74. The molecule has 0 fully saturated rings. The van der Waals surface area contributed by atoms with Crippen molar-refractivity contribution in [2.45, 2.75) is 20.3 Å². The van der Waals surface area contributed by atoms with Gasteiger partial charge in [0.2, 0.25) is 0 Å². The van der Waals surface area contributed by atoms with E-state index in [0.717, 1.165) is 5.56 Å². The molecule has 108 valence electrons. The van der Waals surface area contributed by atoms with Gasteiger partial charge in [0.1, 0.15) is 34.3 Å². The Morgan fingerprint density at radius 2 is 2.14 bits per heavy atom. The van der Waals surface area contributed by atoms with Crippen molar-refractivity contribution in [3.8, 4) is 11.8 Å². The summed E-state index contributed by atoms with van der Waals surface area (Å²) in [5.74, 6) is 1.79. The van der Waals surface area contributed by atoms with Crippen molar-refractivity contribution in [3.05, 3.63) is 40.3 Å². The molecule has 0 spiro atoms. The molecule has 0 aliphatic heterocycles. The summed E-state index contributed by atoms with van der Waals surface area (Å²) in [6.45, 7) is 3.78. The Balaban J connectivity index is 2.53. The zero-order chi connectivity index (χ0) is 15.4. The Morgan fingerprint density at radius 3 is 2.76 bits per heavy atom. The number of hydrogen-bond acceptors (Lipinski definition) is 5. The first-order valence-electron chi connectivity index (χ1n) is 6.47. The third-order valence-corrected chi connectivity index (χ3v) is 3.43. The number of anilines is 2. The molecule has 0 radical (unpaired) electrons. The minimum absolute atomic E-state index is 0.401. The van der Waals surface area contributed by atoms with Crippen molar-refractivity contribution in [1.29, 1.82) is 5.26 Å². The highest BCUT2D eigenvalue weighted by atomic mass is 35.5. The van der Waals surface area contributed by atoms with E-state index in [1.54, 1.807) is 25.3 Å². The van der Waals surface area contributed by atoms with Gasteiger partial charge in [-0.05, 0) is 19.1 Å². The molecular formula is C15H15ClN4O. The zero-order valence-corrected chi connectivity index (χ0v) is 12.8. The smallest absolute Gasteiger partial charge is 0.143 e. The molecule has 2 rings (SSSR count). The van der Waals surface area contributed by atoms with E-state index in [0.29, 0.717) is 40.2 Å². The number of aromatic nitrogens is 2. The molecule has 1 heterocycles. The first-order chi connectivity index (χ1) is 10.1. The maximum atomic E-state index is 9.24. The predicted molar refractivity (Wildman–Crippen MR) is 82.1 cm³/mol. The van der Waals surface area contributed by atoms with Crippen LogP contribution in [0.3, 0.4) is 0 Å². The van der Waals surface area contributed by atoms with Crippen molar-refractivity contribution < 1.29 is 4.74 Å². The molecule has 0 atom stereocenters. The summed E-state index contributed by atoms with van der Waals surface area (Å²) >= 11 is 6.12. The molecule has 0 saturated heterocycles. The highest BCUT2D eigenvalue weighted by Crippen LogP contribution is 2.32. The van der Waals surface area contributed by atoms with Crippen LogP contribution < -0.4 is 10.1 Å². The molecule has 0 aliphatic carbocycles. The fourth-order valence-corrected chi connectivity index (χ4v) is 2.04. The lowest BCUT2D eigenvalue weighted by Crippen LogP contribution is -2.05. The molecule has 2 aromatic rings. The van der Waals surface area contributed by atoms with Gasteiger partial charge in [-0.3, -0.25) is 0 Å². The van der Waals surface area contributed by atoms with Crippen molar-refractivity contribution in [2.75, 3.05) is 12.4 Å². The van der Waals surface area contributed by atoms with Crippen LogP contribution in [0.1, 0.15) is 23.9 Å². The SMILES string of the molecule is CCc1nc(Cl)c(C)c(Nc2c(C#N)cccc2OC)n1. The van der Waals surface area contributed by atoms with E-state index in [1.165, 1.54) is 0 Å². The van der Waals surface area contributed by atoms with Crippen LogP contribution in [-0.2, 0) is 6.42 Å². The summed E-state index contributed by atoms with van der Waals surface area (Å²) < 4.78 is 5.30. The monoisotopic (exact) mass is 302 g/mol. The van der Waals surface area contributed by atoms with Crippen LogP contribution >= 0.6 is 11.6 Å². The van der Waals surface area contributed by atoms with Crippen molar-refractivity contribution >= 4 is 23.1 Å². The van der Waals surface area contributed by atoms with Crippen LogP contribution in [0.2, 0.25) is 5.15 Å². The summed E-state index contributed by atoms with van der Waals surface area (Å²) in [5, 5.41) is 12.8. The van der Waals surface area contributed by atoms with Gasteiger partial charge in [0, 0.05) is 12.0 Å². The Bertz CT molecular complexity index is 710. The third-order valence-electron chi connectivity index (χ3n) is 3.06. The Hall–Kier alpha value is -2.32. The number of para-hydroxylation sites is 1. The number of nitrogens with one attached hydrogen (secondary N) is 1. The fraction of sp³-hybridized carbons (Fsp3) is 0.267. The lowest BCUT2D eigenvalue weighted by Gasteiger charge is -2.14. The van der Waals surface area contributed by atoms with Crippen LogP contribution in [0.25, 0.3) is 0 Å². The lowest BCUT2D eigenvalue weighted by atomic mass is 10.1. The van der Waals surface area contributed by atoms with Gasteiger partial charge in [-0.25, -0.2) is 9.97 Å². The van der Waals surface area contributed by atoms with Crippen LogP contribution in [0.4, 0.5) is 11.5 Å². The summed E-state index contributed by atoms with van der Waals surface area (Å²) in [5.41, 5.74) is 1.77. The van der Waals surface area contributed by atoms with E-state index >= 15 is 0 Å². The molecule has 1 aromatic carbocycles. The number of methoxy groups -OCH3 is 1. The van der Waals surface area contributed by atoms with Gasteiger partial charge < -0.3 is 10.1 Å². The number of nitriles is 1. The van der Waals surface area contributed by atoms with Crippen LogP contribution in [0, 0.1) is 18.3 Å². The summed E-state index contributed by atoms with van der Waals surface area (Å²) in [7, 11) is 1.55. The molecule has 0 aliphatic rings. The zero-order valence-electron chi connectivity index (χ0n) is 12.1. The molecule has 0 bridgehead atoms. The number of hydrogen-bond donors (Lipinski definition) is 1. The largest absolute Gasteiger partial charge is 0.495 e. The lowest BCUT2D eigenvalue weighted by molar-refractivity contribution is 0.416. The van der Waals surface area contributed by atoms with Gasteiger partial charge in [0.15, 0.2) is 0 Å². The minimum atomic E-state index is 0.401. The Kier molecular flexibility index (Phi) is 4.61. The summed E-state index contributed by atoms with van der Waals surface area (Å²) in [4.78, 5) is 8.62. The highest BCUT2D eigenvalue weighted by molar-refractivity contribution is 6.30. The first kappa shape index (κ1) is 15.1. The van der Waals surface area contributed by atoms with Gasteiger partial charge in [-0.15, -0.1) is 0 Å². The van der Waals surface area contributed by atoms with E-state index in [2.05, 4.69) is 21.4 Å². The number of halogens is 1. The summed E-state index contributed by atoms with van der Waals surface area (Å²) in [6, 6.07) is 7.39. The fourth-order valence-electron chi connectivity index (χ4n) is 1.85. The molecule has 21 heavy (non-hydrogen) atoms. The second kappa shape index (κ2) is 6.42. The average molecular weight is 303 g/mol. The van der Waals surface area contributed by atoms with E-state index in [-0.39, 0.29) is 0 Å². The van der Waals surface area contributed by atoms with Crippen LogP contribution in [0.5, 0.6) is 5.75 Å². The van der Waals surface area contributed by atoms with Crippen molar-refractivity contribution in [1.82, 2.24) is 9.97 Å². The maximum Gasteiger partial charge on any atom is 0.143 e. The molecule has 5 nitrogen and oxygen atoms in total. The number of rotatable bonds is 4. The van der Waals surface area contributed by atoms with E-state index < -0.39 is 0 Å². The Labute approximate surface area is 128 Å². The number of nitrogens with zero attached hydrogens (tertiary/aromatic N) is 3. The van der Waals surface area contributed by atoms with E-state index in [9.17, 15) is 5.26 Å². The standard InChI is InChI=1S/C15H15ClN4O/c1-4-12-18-14(16)9(2)15(19-12)20-13-10(8-17)6-5-7-11(13)21-3/h5-7H,4H2,1-3H3,(H,18,19,20). The number of benzene rings is 1. The van der Waals surface area contributed by atoms with Gasteiger partial charge in [-0.1, -0.05) is 24.6 Å². The average Bonchev–Trinajstić information content (AvgIpc) is 2.51. The maximum absolute atomic E-state index is 9.24. The first-order valence-corrected chi connectivity index (χ1v) is 6.85. The molecule has 0 saturated carbocycles. The quantitative estimate of drug-likeness (QED) is 0.873. The second-order valence-electron chi connectivity index (χ2n) is 4.38. The molecule has 1 aromatic heterocycles. The van der Waals surface area contributed by atoms with Gasteiger partial charge in [-0.2, -0.15) is 5.26 Å². The normalized spacial score (nSPS) is 10.0. The minimum Gasteiger partial charge on any atom is -0.495 e. The molecule has 0 amide bonds. The van der Waals surface area contributed by atoms with Crippen molar-refractivity contribution in [2.24, 2.45) is 0 Å². The number of ether oxygens (including phenoxy) is 1. The van der Waals surface area contributed by atoms with E-state index in [4.69, 9.17) is 16.3 Å². The predicted octanol–water partition coefficient (Wildman–Crippen LogP) is 3.62. The molecule has 6 heteroatoms. The topological polar surface area (TPSA) is 70.8 Å². The van der Waals surface area contributed by atoms with E-state index in [1.807, 2.05) is 13.8 Å². The van der Waals surface area contributed by atoms with Gasteiger partial charge in [0.25, 0.3) is 0 Å². The Morgan fingerprint density at radius 1 is 1.38 bits per heavy atom.